The van der Waals surface area contributed by atoms with E-state index in [2.05, 4.69) is 24.8 Å². The van der Waals surface area contributed by atoms with Crippen LogP contribution in [0.1, 0.15) is 31.7 Å². The number of benzene rings is 1. The first-order valence-corrected chi connectivity index (χ1v) is 5.15. The van der Waals surface area contributed by atoms with Crippen molar-refractivity contribution < 1.29 is 0 Å². The van der Waals surface area contributed by atoms with E-state index >= 15 is 0 Å². The molecule has 1 aromatic carbocycles. The molecule has 0 atom stereocenters. The van der Waals surface area contributed by atoms with Gasteiger partial charge in [0.05, 0.1) is 0 Å². The van der Waals surface area contributed by atoms with Crippen molar-refractivity contribution in [2.75, 3.05) is 0 Å². The lowest BCUT2D eigenvalue weighted by molar-refractivity contribution is 0.815. The van der Waals surface area contributed by atoms with Gasteiger partial charge in [0.15, 0.2) is 0 Å². The summed E-state index contributed by atoms with van der Waals surface area (Å²) in [5.41, 5.74) is 1.08. The maximum atomic E-state index is 3.08. The predicted octanol–water partition coefficient (Wildman–Crippen LogP) is 3.78. The van der Waals surface area contributed by atoms with Gasteiger partial charge in [0.25, 0.3) is 0 Å². The minimum atomic E-state index is 1.08. The molecule has 0 amide bonds. The molecule has 0 spiro atoms. The molecule has 0 aliphatic rings. The Morgan fingerprint density at radius 1 is 1.21 bits per heavy atom. The van der Waals surface area contributed by atoms with E-state index in [1.165, 1.54) is 12.8 Å². The van der Waals surface area contributed by atoms with Crippen molar-refractivity contribution >= 4 is 0 Å². The lowest BCUT2D eigenvalue weighted by Crippen LogP contribution is -1.69. The number of hydrogen-bond acceptors (Lipinski definition) is 0. The third kappa shape index (κ3) is 4.52. The molecule has 14 heavy (non-hydrogen) atoms. The normalized spacial score (nSPS) is 9.79. The molecule has 0 nitrogen and oxygen atoms in total. The van der Waals surface area contributed by atoms with Crippen LogP contribution in [0.4, 0.5) is 0 Å². The highest BCUT2D eigenvalue weighted by Crippen LogP contribution is 1.96. The van der Waals surface area contributed by atoms with E-state index in [4.69, 9.17) is 0 Å². The molecule has 0 radical (unpaired) electrons. The van der Waals surface area contributed by atoms with Gasteiger partial charge in [0.1, 0.15) is 0 Å². The van der Waals surface area contributed by atoms with E-state index < -0.39 is 0 Å². The lowest BCUT2D eigenvalue weighted by atomic mass is 10.2. The van der Waals surface area contributed by atoms with Gasteiger partial charge in [0, 0.05) is 5.56 Å². The van der Waals surface area contributed by atoms with Gasteiger partial charge < -0.3 is 0 Å². The quantitative estimate of drug-likeness (QED) is 0.495. The molecule has 0 bridgehead atoms. The second-order valence-electron chi connectivity index (χ2n) is 3.18. The summed E-state index contributed by atoms with van der Waals surface area (Å²) in [5.74, 6) is 6.11. The Morgan fingerprint density at radius 2 is 2.00 bits per heavy atom. The topological polar surface area (TPSA) is 0 Å². The second-order valence-corrected chi connectivity index (χ2v) is 3.18. The molecule has 0 saturated heterocycles. The summed E-state index contributed by atoms with van der Waals surface area (Å²) >= 11 is 0. The molecular weight excluding hydrogens is 168 g/mol. The summed E-state index contributed by atoms with van der Waals surface area (Å²) in [6.07, 6.45) is 7.72. The minimum Gasteiger partial charge on any atom is -0.0761 e. The summed E-state index contributed by atoms with van der Waals surface area (Å²) in [5, 5.41) is 0. The summed E-state index contributed by atoms with van der Waals surface area (Å²) in [4.78, 5) is 0. The molecular formula is C14H16. The van der Waals surface area contributed by atoms with E-state index in [1.807, 2.05) is 36.4 Å². The van der Waals surface area contributed by atoms with Crippen LogP contribution in [0.3, 0.4) is 0 Å². The van der Waals surface area contributed by atoms with E-state index in [0.29, 0.717) is 0 Å². The largest absolute Gasteiger partial charge is 0.0761 e. The first kappa shape index (κ1) is 10.6. The van der Waals surface area contributed by atoms with Gasteiger partial charge in [-0.1, -0.05) is 55.9 Å². The monoisotopic (exact) mass is 184 g/mol. The number of allylic oxidation sites excluding steroid dienone is 2. The average Bonchev–Trinajstić information content (AvgIpc) is 2.25. The van der Waals surface area contributed by atoms with Crippen LogP contribution in [0, 0.1) is 11.8 Å². The molecule has 0 heterocycles. The van der Waals surface area contributed by atoms with Gasteiger partial charge in [-0.3, -0.25) is 0 Å². The molecule has 1 aromatic rings. The van der Waals surface area contributed by atoms with Gasteiger partial charge in [0.2, 0.25) is 0 Å². The van der Waals surface area contributed by atoms with Crippen LogP contribution in [0.5, 0.6) is 0 Å². The fourth-order valence-corrected chi connectivity index (χ4v) is 1.11. The van der Waals surface area contributed by atoms with Crippen LogP contribution < -0.4 is 0 Å². The Bertz CT molecular complexity index is 322. The first-order valence-electron chi connectivity index (χ1n) is 5.15. The standard InChI is InChI=1S/C14H16/c1-2-3-4-5-6-8-11-14-12-9-7-10-13-14/h5-7,9-10,12-13H,2-4H2,1H3. The van der Waals surface area contributed by atoms with Crippen molar-refractivity contribution in [2.45, 2.75) is 26.2 Å². The van der Waals surface area contributed by atoms with E-state index in [9.17, 15) is 0 Å². The van der Waals surface area contributed by atoms with Crippen molar-refractivity contribution in [3.05, 3.63) is 48.0 Å². The van der Waals surface area contributed by atoms with Gasteiger partial charge in [-0.2, -0.15) is 0 Å². The third-order valence-electron chi connectivity index (χ3n) is 1.92. The predicted molar refractivity (Wildman–Crippen MR) is 62.0 cm³/mol. The fourth-order valence-electron chi connectivity index (χ4n) is 1.11. The maximum Gasteiger partial charge on any atom is 0.0248 e. The molecule has 0 N–H and O–H groups in total. The Kier molecular flexibility index (Phi) is 5.28. The number of hydrogen-bond donors (Lipinski definition) is 0. The van der Waals surface area contributed by atoms with E-state index in [0.717, 1.165) is 12.0 Å². The molecule has 0 aliphatic heterocycles. The van der Waals surface area contributed by atoms with Crippen molar-refractivity contribution in [1.82, 2.24) is 0 Å². The molecule has 0 aromatic heterocycles. The number of unbranched alkanes of at least 4 members (excludes halogenated alkanes) is 2. The number of rotatable bonds is 3. The Morgan fingerprint density at radius 3 is 2.71 bits per heavy atom. The molecule has 1 rings (SSSR count). The zero-order chi connectivity index (χ0) is 10.1. The molecule has 0 unspecified atom stereocenters. The maximum absolute atomic E-state index is 3.08. The van der Waals surface area contributed by atoms with Crippen LogP contribution in [0.2, 0.25) is 0 Å². The van der Waals surface area contributed by atoms with Crippen molar-refractivity contribution in [3.63, 3.8) is 0 Å². The van der Waals surface area contributed by atoms with E-state index in [-0.39, 0.29) is 0 Å². The Labute approximate surface area is 86.7 Å². The summed E-state index contributed by atoms with van der Waals surface area (Å²) in [6.45, 7) is 2.20. The van der Waals surface area contributed by atoms with E-state index in [1.54, 1.807) is 0 Å². The highest BCUT2D eigenvalue weighted by molar-refractivity contribution is 5.36. The zero-order valence-electron chi connectivity index (χ0n) is 8.66. The van der Waals surface area contributed by atoms with Crippen molar-refractivity contribution in [1.29, 1.82) is 0 Å². The third-order valence-corrected chi connectivity index (χ3v) is 1.92. The second kappa shape index (κ2) is 6.97. The minimum absolute atomic E-state index is 1.08. The van der Waals surface area contributed by atoms with Gasteiger partial charge in [-0.25, -0.2) is 0 Å². The van der Waals surface area contributed by atoms with Gasteiger partial charge in [-0.05, 0) is 24.6 Å². The SMILES string of the molecule is CCCCC=CC#Cc1ccccc1. The molecule has 72 valence electrons. The fraction of sp³-hybridized carbons (Fsp3) is 0.286. The smallest absolute Gasteiger partial charge is 0.0248 e. The van der Waals surface area contributed by atoms with Crippen molar-refractivity contribution in [2.24, 2.45) is 0 Å². The lowest BCUT2D eigenvalue weighted by Gasteiger charge is -1.85. The van der Waals surface area contributed by atoms with Crippen LogP contribution in [0.15, 0.2) is 42.5 Å². The van der Waals surface area contributed by atoms with Crippen molar-refractivity contribution in [3.8, 4) is 11.8 Å². The van der Waals surface area contributed by atoms with Gasteiger partial charge >= 0.3 is 0 Å². The first-order chi connectivity index (χ1) is 6.93. The highest BCUT2D eigenvalue weighted by Gasteiger charge is 1.79. The molecule has 0 saturated carbocycles. The van der Waals surface area contributed by atoms with Crippen LogP contribution >= 0.6 is 0 Å². The zero-order valence-corrected chi connectivity index (χ0v) is 8.66. The Balaban J connectivity index is 2.37. The van der Waals surface area contributed by atoms with Crippen LogP contribution in [-0.4, -0.2) is 0 Å². The van der Waals surface area contributed by atoms with Gasteiger partial charge in [-0.15, -0.1) is 0 Å². The molecule has 0 aliphatic carbocycles. The van der Waals surface area contributed by atoms with Crippen LogP contribution in [-0.2, 0) is 0 Å². The van der Waals surface area contributed by atoms with Crippen LogP contribution in [0.25, 0.3) is 0 Å². The molecule has 0 heteroatoms. The summed E-state index contributed by atoms with van der Waals surface area (Å²) in [7, 11) is 0. The molecule has 0 fully saturated rings. The summed E-state index contributed by atoms with van der Waals surface area (Å²) < 4.78 is 0. The summed E-state index contributed by atoms with van der Waals surface area (Å²) in [6, 6.07) is 10.1. The Hall–Kier alpha value is -1.48. The highest BCUT2D eigenvalue weighted by atomic mass is 13.8. The average molecular weight is 184 g/mol.